The zero-order valence-corrected chi connectivity index (χ0v) is 18.1. The fraction of sp³-hybridized carbons (Fsp3) is 0.545. The molecule has 2 aliphatic rings. The number of aliphatic hydroxyl groups is 1. The van der Waals surface area contributed by atoms with Gasteiger partial charge in [-0.15, -0.1) is 0 Å². The molecule has 1 N–H and O–H groups in total. The molecule has 1 aromatic rings. The van der Waals surface area contributed by atoms with Gasteiger partial charge in [0, 0.05) is 51.8 Å². The highest BCUT2D eigenvalue weighted by atomic mass is 35.5. The van der Waals surface area contributed by atoms with Gasteiger partial charge in [-0.3, -0.25) is 9.59 Å². The van der Waals surface area contributed by atoms with Crippen LogP contribution in [0.3, 0.4) is 0 Å². The molecule has 0 bridgehead atoms. The highest BCUT2D eigenvalue weighted by molar-refractivity contribution is 6.30. The van der Waals surface area contributed by atoms with E-state index in [0.717, 1.165) is 6.42 Å². The van der Waals surface area contributed by atoms with E-state index in [1.165, 1.54) is 24.3 Å². The predicted molar refractivity (Wildman–Crippen MR) is 115 cm³/mol. The average Bonchev–Trinajstić information content (AvgIpc) is 2.93. The van der Waals surface area contributed by atoms with Crippen LogP contribution in [0.4, 0.5) is 8.78 Å². The van der Waals surface area contributed by atoms with E-state index >= 15 is 0 Å². The number of benzene rings is 1. The van der Waals surface area contributed by atoms with Crippen molar-refractivity contribution in [3.8, 4) is 0 Å². The van der Waals surface area contributed by atoms with Gasteiger partial charge in [0.1, 0.15) is 12.0 Å². The van der Waals surface area contributed by atoms with Crippen molar-refractivity contribution in [2.24, 2.45) is 0 Å². The van der Waals surface area contributed by atoms with Crippen LogP contribution in [0.5, 0.6) is 0 Å². The Kier molecular flexibility index (Phi) is 8.40. The quantitative estimate of drug-likeness (QED) is 0.669. The van der Waals surface area contributed by atoms with Crippen LogP contribution in [-0.4, -0.2) is 89.7 Å². The predicted octanol–water partition coefficient (Wildman–Crippen LogP) is 2.35. The lowest BCUT2D eigenvalue weighted by Crippen LogP contribution is -2.45. The summed E-state index contributed by atoms with van der Waals surface area (Å²) in [6.45, 7) is 3.43. The molecule has 2 saturated heterocycles. The van der Waals surface area contributed by atoms with E-state index in [0.29, 0.717) is 57.8 Å². The monoisotopic (exact) mass is 455 g/mol. The molecule has 2 fully saturated rings. The van der Waals surface area contributed by atoms with E-state index in [2.05, 4.69) is 0 Å². The normalized spacial score (nSPS) is 23.4. The Bertz CT molecular complexity index is 823. The lowest BCUT2D eigenvalue weighted by Gasteiger charge is -2.32. The average molecular weight is 456 g/mol. The van der Waals surface area contributed by atoms with Crippen molar-refractivity contribution >= 4 is 29.5 Å². The van der Waals surface area contributed by atoms with Crippen LogP contribution in [0.25, 0.3) is 6.08 Å². The first kappa shape index (κ1) is 23.6. The number of likely N-dealkylation sites (tertiary alicyclic amines) is 1. The van der Waals surface area contributed by atoms with Crippen molar-refractivity contribution < 1.29 is 23.5 Å². The fourth-order valence-electron chi connectivity index (χ4n) is 3.87. The number of aliphatic hydroxyl groups excluding tert-OH is 1. The number of hydrogen-bond donors (Lipinski definition) is 1. The zero-order chi connectivity index (χ0) is 22.4. The standard InChI is InChI=1S/C22H28ClF2N3O3/c23-17-14-16(2-4-18(17)24)3-5-21(30)28-11-7-22(31)27(12-13-28)9-1-8-26-10-6-19(25)20(29)15-26/h2-5,14,19-20,29H,1,6-13,15H2/b5-3+. The molecule has 2 unspecified atom stereocenters. The van der Waals surface area contributed by atoms with Gasteiger partial charge in [-0.05, 0) is 43.2 Å². The SMILES string of the molecule is O=C(/C=C/c1ccc(F)c(Cl)c1)N1CCC(=O)N(CCCN2CCC(F)C(O)C2)CC1. The summed E-state index contributed by atoms with van der Waals surface area (Å²) in [6, 6.07) is 4.23. The summed E-state index contributed by atoms with van der Waals surface area (Å²) >= 11 is 5.76. The number of rotatable bonds is 6. The molecule has 2 aliphatic heterocycles. The second kappa shape index (κ2) is 11.0. The molecule has 2 heterocycles. The van der Waals surface area contributed by atoms with Gasteiger partial charge in [0.2, 0.25) is 11.8 Å². The Hall–Kier alpha value is -2.03. The first-order valence-electron chi connectivity index (χ1n) is 10.6. The Morgan fingerprint density at radius 1 is 1.23 bits per heavy atom. The van der Waals surface area contributed by atoms with Gasteiger partial charge in [0.05, 0.1) is 11.1 Å². The Morgan fingerprint density at radius 2 is 2.03 bits per heavy atom. The molecule has 3 rings (SSSR count). The van der Waals surface area contributed by atoms with E-state index in [9.17, 15) is 23.5 Å². The molecule has 31 heavy (non-hydrogen) atoms. The minimum Gasteiger partial charge on any atom is -0.389 e. The molecule has 0 aliphatic carbocycles. The third kappa shape index (κ3) is 6.72. The fourth-order valence-corrected chi connectivity index (χ4v) is 4.06. The molecule has 0 aromatic heterocycles. The second-order valence-electron chi connectivity index (χ2n) is 7.99. The van der Waals surface area contributed by atoms with Crippen molar-refractivity contribution in [2.45, 2.75) is 31.5 Å². The van der Waals surface area contributed by atoms with Gasteiger partial charge in [-0.25, -0.2) is 8.78 Å². The maximum Gasteiger partial charge on any atom is 0.246 e. The largest absolute Gasteiger partial charge is 0.389 e. The minimum atomic E-state index is -1.15. The first-order valence-corrected chi connectivity index (χ1v) is 11.0. The molecule has 0 spiro atoms. The number of β-amino-alcohol motifs (C(OH)–C–C–N with tert-alkyl or cyclic N) is 1. The van der Waals surface area contributed by atoms with Gasteiger partial charge in [-0.1, -0.05) is 17.7 Å². The summed E-state index contributed by atoms with van der Waals surface area (Å²) in [5.41, 5.74) is 0.620. The summed E-state index contributed by atoms with van der Waals surface area (Å²) in [5, 5.41) is 9.65. The van der Waals surface area contributed by atoms with E-state index in [4.69, 9.17) is 11.6 Å². The summed E-state index contributed by atoms with van der Waals surface area (Å²) in [4.78, 5) is 30.3. The smallest absolute Gasteiger partial charge is 0.246 e. The lowest BCUT2D eigenvalue weighted by molar-refractivity contribution is -0.130. The van der Waals surface area contributed by atoms with Crippen LogP contribution >= 0.6 is 11.6 Å². The minimum absolute atomic E-state index is 0.00538. The van der Waals surface area contributed by atoms with Gasteiger partial charge >= 0.3 is 0 Å². The number of piperidine rings is 1. The number of carbonyl (C=O) groups is 2. The van der Waals surface area contributed by atoms with Crippen LogP contribution in [0.2, 0.25) is 5.02 Å². The van der Waals surface area contributed by atoms with Crippen molar-refractivity contribution in [3.05, 3.63) is 40.7 Å². The number of hydrogen-bond acceptors (Lipinski definition) is 4. The maximum absolute atomic E-state index is 13.4. The van der Waals surface area contributed by atoms with Crippen molar-refractivity contribution in [2.75, 3.05) is 45.8 Å². The van der Waals surface area contributed by atoms with Gasteiger partial charge in [-0.2, -0.15) is 0 Å². The van der Waals surface area contributed by atoms with E-state index < -0.39 is 18.1 Å². The molecule has 6 nitrogen and oxygen atoms in total. The summed E-state index contributed by atoms with van der Waals surface area (Å²) in [5.74, 6) is -0.718. The summed E-state index contributed by atoms with van der Waals surface area (Å²) in [7, 11) is 0. The second-order valence-corrected chi connectivity index (χ2v) is 8.40. The number of nitrogens with zero attached hydrogens (tertiary/aromatic N) is 3. The Balaban J connectivity index is 1.45. The van der Waals surface area contributed by atoms with Crippen LogP contribution < -0.4 is 0 Å². The van der Waals surface area contributed by atoms with Crippen LogP contribution in [0, 0.1) is 5.82 Å². The summed E-state index contributed by atoms with van der Waals surface area (Å²) < 4.78 is 26.6. The van der Waals surface area contributed by atoms with E-state index in [1.54, 1.807) is 15.9 Å². The number of alkyl halides is 1. The molecule has 0 radical (unpaired) electrons. The zero-order valence-electron chi connectivity index (χ0n) is 17.4. The Morgan fingerprint density at radius 3 is 2.77 bits per heavy atom. The molecule has 9 heteroatoms. The number of amides is 2. The Labute approximate surface area is 186 Å². The highest BCUT2D eigenvalue weighted by Gasteiger charge is 2.27. The summed E-state index contributed by atoms with van der Waals surface area (Å²) in [6.07, 6.45) is 2.21. The number of carbonyl (C=O) groups excluding carboxylic acids is 2. The third-order valence-electron chi connectivity index (χ3n) is 5.75. The van der Waals surface area contributed by atoms with E-state index in [1.807, 2.05) is 4.90 Å². The van der Waals surface area contributed by atoms with Crippen LogP contribution in [-0.2, 0) is 9.59 Å². The third-order valence-corrected chi connectivity index (χ3v) is 6.04. The molecule has 2 atom stereocenters. The molecule has 0 saturated carbocycles. The maximum atomic E-state index is 13.4. The van der Waals surface area contributed by atoms with Gasteiger partial charge in [0.25, 0.3) is 0 Å². The first-order chi connectivity index (χ1) is 14.8. The van der Waals surface area contributed by atoms with E-state index in [-0.39, 0.29) is 23.3 Å². The van der Waals surface area contributed by atoms with Gasteiger partial charge < -0.3 is 19.8 Å². The molecular formula is C22H28ClF2N3O3. The van der Waals surface area contributed by atoms with Gasteiger partial charge in [0.15, 0.2) is 0 Å². The molecule has 2 amide bonds. The van der Waals surface area contributed by atoms with Crippen molar-refractivity contribution in [1.82, 2.24) is 14.7 Å². The molecule has 170 valence electrons. The molecule has 1 aromatic carbocycles. The number of halogens is 3. The van der Waals surface area contributed by atoms with Crippen molar-refractivity contribution in [1.29, 1.82) is 0 Å². The molecular weight excluding hydrogens is 428 g/mol. The van der Waals surface area contributed by atoms with Crippen molar-refractivity contribution in [3.63, 3.8) is 0 Å². The highest BCUT2D eigenvalue weighted by Crippen LogP contribution is 2.17. The topological polar surface area (TPSA) is 64.1 Å². The van der Waals surface area contributed by atoms with Crippen LogP contribution in [0.1, 0.15) is 24.8 Å². The van der Waals surface area contributed by atoms with Crippen LogP contribution in [0.15, 0.2) is 24.3 Å². The lowest BCUT2D eigenvalue weighted by atomic mass is 10.1.